The van der Waals surface area contributed by atoms with Gasteiger partial charge in [-0.2, -0.15) is 0 Å². The van der Waals surface area contributed by atoms with Crippen molar-refractivity contribution in [2.24, 2.45) is 0 Å². The number of hydrogen-bond acceptors (Lipinski definition) is 3. The van der Waals surface area contributed by atoms with E-state index in [-0.39, 0.29) is 23.3 Å². The van der Waals surface area contributed by atoms with Gasteiger partial charge in [0.1, 0.15) is 11.5 Å². The number of pyridine rings is 1. The zero-order valence-corrected chi connectivity index (χ0v) is 15.4. The van der Waals surface area contributed by atoms with E-state index in [1.165, 1.54) is 24.4 Å². The summed E-state index contributed by atoms with van der Waals surface area (Å²) in [5.74, 6) is -0.970. The minimum Gasteiger partial charge on any atom is -0.350 e. The highest BCUT2D eigenvalue weighted by Gasteiger charge is 2.12. The number of nitrogens with zero attached hydrogens (tertiary/aromatic N) is 1. The Bertz CT molecular complexity index is 987. The third-order valence-corrected chi connectivity index (χ3v) is 4.26. The molecule has 142 valence electrons. The number of halogens is 1. The lowest BCUT2D eigenvalue weighted by molar-refractivity contribution is 0.0949. The minimum absolute atomic E-state index is 0.163. The Kier molecular flexibility index (Phi) is 6.11. The maximum absolute atomic E-state index is 12.9. The third-order valence-electron chi connectivity index (χ3n) is 4.26. The average molecular weight is 377 g/mol. The molecule has 1 aromatic heterocycles. The van der Waals surface area contributed by atoms with E-state index >= 15 is 0 Å². The van der Waals surface area contributed by atoms with Crippen molar-refractivity contribution in [1.82, 2.24) is 10.3 Å². The Balaban J connectivity index is 1.60. The molecular weight excluding hydrogens is 357 g/mol. The van der Waals surface area contributed by atoms with Gasteiger partial charge >= 0.3 is 0 Å². The third kappa shape index (κ3) is 5.01. The molecule has 0 aliphatic rings. The van der Waals surface area contributed by atoms with E-state index in [1.807, 2.05) is 31.2 Å². The predicted octanol–water partition coefficient (Wildman–Crippen LogP) is 3.75. The standard InChI is InChI=1S/C22H20FN3O2/c1-15-4-2-3-5-19(15)26-21(27)17-11-13-24-20(14-17)22(28)25-12-10-16-6-8-18(23)9-7-16/h2-9,11,13-14H,10,12H2,1H3,(H,25,28)(H,26,27). The highest BCUT2D eigenvalue weighted by Crippen LogP contribution is 2.15. The van der Waals surface area contributed by atoms with Crippen molar-refractivity contribution in [2.75, 3.05) is 11.9 Å². The van der Waals surface area contributed by atoms with Gasteiger partial charge in [-0.25, -0.2) is 4.39 Å². The normalized spacial score (nSPS) is 10.4. The van der Waals surface area contributed by atoms with E-state index in [0.717, 1.165) is 16.8 Å². The molecule has 0 saturated heterocycles. The molecule has 2 amide bonds. The summed E-state index contributed by atoms with van der Waals surface area (Å²) in [5, 5.41) is 5.59. The number of nitrogens with one attached hydrogen (secondary N) is 2. The van der Waals surface area contributed by atoms with Gasteiger partial charge in [-0.15, -0.1) is 0 Å². The van der Waals surface area contributed by atoms with Crippen LogP contribution in [0.2, 0.25) is 0 Å². The number of rotatable bonds is 6. The highest BCUT2D eigenvalue weighted by atomic mass is 19.1. The van der Waals surface area contributed by atoms with Crippen molar-refractivity contribution < 1.29 is 14.0 Å². The summed E-state index contributed by atoms with van der Waals surface area (Å²) in [6.07, 6.45) is 2.00. The summed E-state index contributed by atoms with van der Waals surface area (Å²) in [4.78, 5) is 28.8. The molecule has 2 aromatic carbocycles. The van der Waals surface area contributed by atoms with Crippen LogP contribution in [-0.2, 0) is 6.42 Å². The van der Waals surface area contributed by atoms with E-state index < -0.39 is 0 Å². The molecule has 0 unspecified atom stereocenters. The fraction of sp³-hybridized carbons (Fsp3) is 0.136. The molecule has 0 aliphatic carbocycles. The van der Waals surface area contributed by atoms with Gasteiger partial charge in [0, 0.05) is 24.0 Å². The van der Waals surface area contributed by atoms with Crippen molar-refractivity contribution >= 4 is 17.5 Å². The lowest BCUT2D eigenvalue weighted by atomic mass is 10.1. The molecule has 2 N–H and O–H groups in total. The number of benzene rings is 2. The number of hydrogen-bond donors (Lipinski definition) is 2. The van der Waals surface area contributed by atoms with E-state index in [0.29, 0.717) is 18.5 Å². The Morgan fingerprint density at radius 2 is 1.75 bits per heavy atom. The van der Waals surface area contributed by atoms with Crippen LogP contribution in [0.1, 0.15) is 32.0 Å². The van der Waals surface area contributed by atoms with Crippen molar-refractivity contribution in [2.45, 2.75) is 13.3 Å². The molecule has 0 bridgehead atoms. The molecular formula is C22H20FN3O2. The van der Waals surface area contributed by atoms with Gasteiger partial charge < -0.3 is 10.6 Å². The molecule has 6 heteroatoms. The lowest BCUT2D eigenvalue weighted by Gasteiger charge is -2.09. The van der Waals surface area contributed by atoms with Crippen molar-refractivity contribution in [3.8, 4) is 0 Å². The smallest absolute Gasteiger partial charge is 0.269 e. The number of carbonyl (C=O) groups excluding carboxylic acids is 2. The number of anilines is 1. The average Bonchev–Trinajstić information content (AvgIpc) is 2.71. The van der Waals surface area contributed by atoms with Gasteiger partial charge in [-0.1, -0.05) is 30.3 Å². The lowest BCUT2D eigenvalue weighted by Crippen LogP contribution is -2.27. The zero-order valence-electron chi connectivity index (χ0n) is 15.4. The van der Waals surface area contributed by atoms with Crippen molar-refractivity contribution in [3.63, 3.8) is 0 Å². The van der Waals surface area contributed by atoms with E-state index in [1.54, 1.807) is 18.2 Å². The molecule has 0 aliphatic heterocycles. The second-order valence-electron chi connectivity index (χ2n) is 6.33. The number of para-hydroxylation sites is 1. The summed E-state index contributed by atoms with van der Waals surface area (Å²) in [6, 6.07) is 16.6. The first kappa shape index (κ1) is 19.2. The number of amides is 2. The molecule has 3 aromatic rings. The number of aromatic nitrogens is 1. The number of carbonyl (C=O) groups is 2. The molecule has 0 saturated carbocycles. The van der Waals surface area contributed by atoms with Crippen LogP contribution in [0.3, 0.4) is 0 Å². The predicted molar refractivity (Wildman–Crippen MR) is 106 cm³/mol. The highest BCUT2D eigenvalue weighted by molar-refractivity contribution is 6.06. The van der Waals surface area contributed by atoms with Crippen molar-refractivity contribution in [3.05, 3.63) is 95.1 Å². The Morgan fingerprint density at radius 3 is 2.50 bits per heavy atom. The van der Waals surface area contributed by atoms with Crippen LogP contribution >= 0.6 is 0 Å². The van der Waals surface area contributed by atoms with Crippen LogP contribution in [0.25, 0.3) is 0 Å². The SMILES string of the molecule is Cc1ccccc1NC(=O)c1ccnc(C(=O)NCCc2ccc(F)cc2)c1. The Hall–Kier alpha value is -3.54. The zero-order chi connectivity index (χ0) is 19.9. The Labute approximate surface area is 162 Å². The van der Waals surface area contributed by atoms with Gasteiger partial charge in [0.15, 0.2) is 0 Å². The Morgan fingerprint density at radius 1 is 1.00 bits per heavy atom. The quantitative estimate of drug-likeness (QED) is 0.687. The van der Waals surface area contributed by atoms with Gasteiger partial charge in [0.2, 0.25) is 0 Å². The van der Waals surface area contributed by atoms with Gasteiger partial charge in [0.25, 0.3) is 11.8 Å². The molecule has 0 spiro atoms. The van der Waals surface area contributed by atoms with Crippen LogP contribution in [-0.4, -0.2) is 23.3 Å². The fourth-order valence-electron chi connectivity index (χ4n) is 2.67. The van der Waals surface area contributed by atoms with Gasteiger partial charge in [0.05, 0.1) is 0 Å². The summed E-state index contributed by atoms with van der Waals surface area (Å²) >= 11 is 0. The van der Waals surface area contributed by atoms with E-state index in [2.05, 4.69) is 15.6 Å². The number of aryl methyl sites for hydroxylation is 1. The van der Waals surface area contributed by atoms with Crippen LogP contribution in [0.15, 0.2) is 66.9 Å². The molecule has 0 fully saturated rings. The topological polar surface area (TPSA) is 71.1 Å². The summed E-state index contributed by atoms with van der Waals surface area (Å²) in [6.45, 7) is 2.29. The summed E-state index contributed by atoms with van der Waals surface area (Å²) in [7, 11) is 0. The second kappa shape index (κ2) is 8.90. The van der Waals surface area contributed by atoms with Crippen LogP contribution in [0.4, 0.5) is 10.1 Å². The van der Waals surface area contributed by atoms with Gasteiger partial charge in [-0.05, 0) is 54.8 Å². The molecule has 1 heterocycles. The summed E-state index contributed by atoms with van der Waals surface area (Å²) < 4.78 is 12.9. The van der Waals surface area contributed by atoms with Crippen molar-refractivity contribution in [1.29, 1.82) is 0 Å². The maximum atomic E-state index is 12.9. The molecule has 28 heavy (non-hydrogen) atoms. The maximum Gasteiger partial charge on any atom is 0.269 e. The van der Waals surface area contributed by atoms with Crippen LogP contribution in [0, 0.1) is 12.7 Å². The monoisotopic (exact) mass is 377 g/mol. The first-order valence-corrected chi connectivity index (χ1v) is 8.88. The largest absolute Gasteiger partial charge is 0.350 e. The molecule has 3 rings (SSSR count). The minimum atomic E-state index is -0.368. The molecule has 0 atom stereocenters. The van der Waals surface area contributed by atoms with E-state index in [9.17, 15) is 14.0 Å². The molecule has 5 nitrogen and oxygen atoms in total. The van der Waals surface area contributed by atoms with Crippen LogP contribution < -0.4 is 10.6 Å². The van der Waals surface area contributed by atoms with E-state index in [4.69, 9.17) is 0 Å². The fourth-order valence-corrected chi connectivity index (χ4v) is 2.67. The van der Waals surface area contributed by atoms with Gasteiger partial charge in [-0.3, -0.25) is 14.6 Å². The summed E-state index contributed by atoms with van der Waals surface area (Å²) in [5.41, 5.74) is 3.10. The molecule has 0 radical (unpaired) electrons. The first-order chi connectivity index (χ1) is 13.5. The second-order valence-corrected chi connectivity index (χ2v) is 6.33. The van der Waals surface area contributed by atoms with Crippen LogP contribution in [0.5, 0.6) is 0 Å². The first-order valence-electron chi connectivity index (χ1n) is 8.88.